The Kier molecular flexibility index (Phi) is 6.74. The minimum absolute atomic E-state index is 0.00653. The van der Waals surface area contributed by atoms with Gasteiger partial charge in [0.05, 0.1) is 0 Å². The Labute approximate surface area is 147 Å². The Morgan fingerprint density at radius 1 is 1.36 bits per heavy atom. The first-order valence-corrected chi connectivity index (χ1v) is 8.63. The lowest BCUT2D eigenvalue weighted by atomic mass is 9.95. The highest BCUT2D eigenvalue weighted by molar-refractivity contribution is 5.64. The van der Waals surface area contributed by atoms with Crippen LogP contribution in [0, 0.1) is 0 Å². The predicted molar refractivity (Wildman–Crippen MR) is 103 cm³/mol. The average molecular weight is 342 g/mol. The first-order valence-electron chi connectivity index (χ1n) is 8.63. The number of hydrogen-bond donors (Lipinski definition) is 1. The second-order valence-electron chi connectivity index (χ2n) is 6.17. The molecule has 6 nitrogen and oxygen atoms in total. The molecule has 0 saturated heterocycles. The normalized spacial score (nSPS) is 16.1. The second-order valence-corrected chi connectivity index (χ2v) is 6.17. The maximum atomic E-state index is 12.4. The Balaban J connectivity index is 2.15. The van der Waals surface area contributed by atoms with Crippen LogP contribution < -0.4 is 16.3 Å². The van der Waals surface area contributed by atoms with E-state index in [2.05, 4.69) is 23.2 Å². The van der Waals surface area contributed by atoms with Crippen molar-refractivity contribution in [1.82, 2.24) is 9.55 Å². The molecular formula is C19H26N4O2. The fourth-order valence-corrected chi connectivity index (χ4v) is 3.05. The van der Waals surface area contributed by atoms with Gasteiger partial charge in [-0.15, -0.1) is 0 Å². The first-order chi connectivity index (χ1) is 12.1. The van der Waals surface area contributed by atoms with Crippen LogP contribution in [0.1, 0.15) is 44.6 Å². The molecule has 1 N–H and O–H groups in total. The molecule has 1 aromatic heterocycles. The van der Waals surface area contributed by atoms with E-state index in [1.807, 2.05) is 6.08 Å². The summed E-state index contributed by atoms with van der Waals surface area (Å²) in [5.41, 5.74) is 0.342. The van der Waals surface area contributed by atoms with Crippen molar-refractivity contribution in [3.63, 3.8) is 0 Å². The van der Waals surface area contributed by atoms with E-state index in [4.69, 9.17) is 0 Å². The van der Waals surface area contributed by atoms with Gasteiger partial charge in [-0.25, -0.2) is 4.79 Å². The van der Waals surface area contributed by atoms with Gasteiger partial charge in [-0.2, -0.15) is 5.10 Å². The van der Waals surface area contributed by atoms with Crippen LogP contribution in [0.3, 0.4) is 0 Å². The maximum absolute atomic E-state index is 12.4. The molecule has 6 heteroatoms. The molecule has 0 amide bonds. The second kappa shape index (κ2) is 9.01. The number of hydrazone groups is 1. The third-order valence-electron chi connectivity index (χ3n) is 4.42. The van der Waals surface area contributed by atoms with Crippen molar-refractivity contribution in [2.24, 2.45) is 5.10 Å². The molecule has 134 valence electrons. The summed E-state index contributed by atoms with van der Waals surface area (Å²) in [5.74, 6) is 0.381. The molecule has 0 unspecified atom stereocenters. The summed E-state index contributed by atoms with van der Waals surface area (Å²) in [7, 11) is 1.69. The summed E-state index contributed by atoms with van der Waals surface area (Å²) in [6.07, 6.45) is 12.6. The van der Waals surface area contributed by atoms with E-state index >= 15 is 0 Å². The summed E-state index contributed by atoms with van der Waals surface area (Å²) < 4.78 is 1.35. The van der Waals surface area contributed by atoms with Crippen molar-refractivity contribution >= 4 is 12.0 Å². The van der Waals surface area contributed by atoms with Crippen LogP contribution in [0.4, 0.5) is 5.82 Å². The minimum Gasteiger partial charge on any atom is -0.292 e. The fourth-order valence-electron chi connectivity index (χ4n) is 3.05. The molecule has 1 aliphatic carbocycles. The number of aromatic nitrogens is 2. The van der Waals surface area contributed by atoms with Crippen molar-refractivity contribution < 1.29 is 0 Å². The number of nitrogens with one attached hydrogen (secondary N) is 1. The molecule has 0 radical (unpaired) electrons. The largest absolute Gasteiger partial charge is 0.330 e. The number of nitrogens with zero attached hydrogens (tertiary/aromatic N) is 3. The molecule has 1 heterocycles. The Bertz CT molecular complexity index is 748. The van der Waals surface area contributed by atoms with Gasteiger partial charge in [-0.1, -0.05) is 50.6 Å². The van der Waals surface area contributed by atoms with Gasteiger partial charge in [0, 0.05) is 31.8 Å². The van der Waals surface area contributed by atoms with Crippen LogP contribution in [0.2, 0.25) is 0 Å². The summed E-state index contributed by atoms with van der Waals surface area (Å²) in [4.78, 5) is 27.5. The lowest BCUT2D eigenvalue weighted by molar-refractivity contribution is 0.336. The number of hydrogen-bond acceptors (Lipinski definition) is 4. The standard InChI is InChI=1S/C19H26N4O2/c1-4-9-15(5-2)12-13-20-22(3)17-14-18(24)23(19(25)21-17)16-10-7-6-8-11-16/h4-5,9,13-14,16H,1-2,6-8,10-12H2,3H3,(H,21,25)/b15-9+,20-13+. The molecule has 0 aromatic carbocycles. The van der Waals surface area contributed by atoms with Gasteiger partial charge < -0.3 is 0 Å². The van der Waals surface area contributed by atoms with Crippen LogP contribution >= 0.6 is 0 Å². The van der Waals surface area contributed by atoms with Crippen molar-refractivity contribution in [3.8, 4) is 0 Å². The zero-order valence-electron chi connectivity index (χ0n) is 14.8. The van der Waals surface area contributed by atoms with E-state index in [9.17, 15) is 9.59 Å². The number of anilines is 1. The Hall–Kier alpha value is -2.63. The highest BCUT2D eigenvalue weighted by atomic mass is 16.2. The van der Waals surface area contributed by atoms with Gasteiger partial charge in [-0.3, -0.25) is 19.4 Å². The molecular weight excluding hydrogens is 316 g/mol. The molecule has 2 rings (SSSR count). The van der Waals surface area contributed by atoms with Gasteiger partial charge in [0.15, 0.2) is 0 Å². The molecule has 1 aromatic rings. The Morgan fingerprint density at radius 3 is 2.68 bits per heavy atom. The highest BCUT2D eigenvalue weighted by Crippen LogP contribution is 2.25. The maximum Gasteiger partial charge on any atom is 0.330 e. The molecule has 0 spiro atoms. The summed E-state index contributed by atoms with van der Waals surface area (Å²) >= 11 is 0. The number of allylic oxidation sites excluding steroid dienone is 4. The van der Waals surface area contributed by atoms with Crippen molar-refractivity contribution in [2.75, 3.05) is 12.1 Å². The van der Waals surface area contributed by atoms with E-state index in [1.54, 1.807) is 25.4 Å². The first kappa shape index (κ1) is 18.7. The number of rotatable bonds is 7. The van der Waals surface area contributed by atoms with E-state index in [-0.39, 0.29) is 17.3 Å². The molecule has 1 aliphatic rings. The summed E-state index contributed by atoms with van der Waals surface area (Å²) in [6, 6.07) is 1.44. The fraction of sp³-hybridized carbons (Fsp3) is 0.421. The molecule has 1 saturated carbocycles. The van der Waals surface area contributed by atoms with Gasteiger partial charge in [0.2, 0.25) is 0 Å². The minimum atomic E-state index is -0.366. The average Bonchev–Trinajstić information content (AvgIpc) is 2.61. The van der Waals surface area contributed by atoms with Gasteiger partial charge in [0.1, 0.15) is 5.82 Å². The summed E-state index contributed by atoms with van der Waals surface area (Å²) in [5, 5.41) is 5.74. The molecule has 1 fully saturated rings. The van der Waals surface area contributed by atoms with Crippen LogP contribution in [0.15, 0.2) is 57.7 Å². The third kappa shape index (κ3) is 4.92. The summed E-state index contributed by atoms with van der Waals surface area (Å²) in [6.45, 7) is 7.38. The van der Waals surface area contributed by atoms with Crippen LogP contribution in [-0.4, -0.2) is 22.8 Å². The zero-order chi connectivity index (χ0) is 18.2. The van der Waals surface area contributed by atoms with Crippen molar-refractivity contribution in [3.05, 3.63) is 63.9 Å². The van der Waals surface area contributed by atoms with Gasteiger partial charge >= 0.3 is 5.69 Å². The third-order valence-corrected chi connectivity index (χ3v) is 4.42. The molecule has 0 aliphatic heterocycles. The molecule has 0 atom stereocenters. The lowest BCUT2D eigenvalue weighted by Gasteiger charge is -2.23. The lowest BCUT2D eigenvalue weighted by Crippen LogP contribution is -2.39. The van der Waals surface area contributed by atoms with E-state index in [1.165, 1.54) is 22.1 Å². The predicted octanol–water partition coefficient (Wildman–Crippen LogP) is 3.15. The topological polar surface area (TPSA) is 70.5 Å². The number of aromatic amines is 1. The number of H-pyrrole nitrogens is 1. The van der Waals surface area contributed by atoms with Crippen LogP contribution in [0.5, 0.6) is 0 Å². The van der Waals surface area contributed by atoms with Gasteiger partial charge in [0.25, 0.3) is 5.56 Å². The monoisotopic (exact) mass is 342 g/mol. The van der Waals surface area contributed by atoms with Gasteiger partial charge in [-0.05, 0) is 18.4 Å². The highest BCUT2D eigenvalue weighted by Gasteiger charge is 2.19. The van der Waals surface area contributed by atoms with E-state index in [0.29, 0.717) is 12.2 Å². The van der Waals surface area contributed by atoms with Crippen molar-refractivity contribution in [2.45, 2.75) is 44.6 Å². The van der Waals surface area contributed by atoms with Crippen molar-refractivity contribution in [1.29, 1.82) is 0 Å². The van der Waals surface area contributed by atoms with Crippen LogP contribution in [-0.2, 0) is 0 Å². The smallest absolute Gasteiger partial charge is 0.292 e. The van der Waals surface area contributed by atoms with E-state index in [0.717, 1.165) is 31.3 Å². The SMILES string of the molecule is C=C/C=C(\C=C)C/C=N/N(C)c1cc(=O)n(C2CCCCC2)c(=O)[nH]1. The Morgan fingerprint density at radius 2 is 2.08 bits per heavy atom. The van der Waals surface area contributed by atoms with E-state index < -0.39 is 0 Å². The molecule has 0 bridgehead atoms. The zero-order valence-corrected chi connectivity index (χ0v) is 14.8. The van der Waals surface area contributed by atoms with Crippen LogP contribution in [0.25, 0.3) is 0 Å². The quantitative estimate of drug-likeness (QED) is 0.470. The molecule has 25 heavy (non-hydrogen) atoms.